The van der Waals surface area contributed by atoms with E-state index in [1.54, 1.807) is 6.20 Å². The van der Waals surface area contributed by atoms with Crippen LogP contribution < -0.4 is 11.1 Å². The van der Waals surface area contributed by atoms with Crippen molar-refractivity contribution < 1.29 is 9.53 Å². The third-order valence-corrected chi connectivity index (χ3v) is 3.85. The number of carbonyl (C=O) groups excluding carboxylic acids is 1. The van der Waals surface area contributed by atoms with Crippen molar-refractivity contribution in [3.05, 3.63) is 12.4 Å². The van der Waals surface area contributed by atoms with Crippen LogP contribution in [0.2, 0.25) is 0 Å². The predicted octanol–water partition coefficient (Wildman–Crippen LogP) is 1.75. The SMILES string of the molecule is CC(C)(C)n1cc(NC(=O)C2(CN)CCOCC2)cn1.Cl. The Bertz CT molecular complexity index is 476. The number of anilines is 1. The van der Waals surface area contributed by atoms with Gasteiger partial charge in [-0.05, 0) is 33.6 Å². The summed E-state index contributed by atoms with van der Waals surface area (Å²) in [6, 6.07) is 0. The van der Waals surface area contributed by atoms with Crippen LogP contribution in [0.25, 0.3) is 0 Å². The summed E-state index contributed by atoms with van der Waals surface area (Å²) < 4.78 is 7.16. The molecule has 7 heteroatoms. The molecule has 0 spiro atoms. The van der Waals surface area contributed by atoms with Gasteiger partial charge in [0.2, 0.25) is 5.91 Å². The number of amides is 1. The van der Waals surface area contributed by atoms with Crippen molar-refractivity contribution >= 4 is 24.0 Å². The zero-order valence-corrected chi connectivity index (χ0v) is 13.7. The van der Waals surface area contributed by atoms with E-state index in [4.69, 9.17) is 10.5 Å². The number of hydrogen-bond acceptors (Lipinski definition) is 4. The molecule has 0 atom stereocenters. The van der Waals surface area contributed by atoms with E-state index in [9.17, 15) is 4.79 Å². The van der Waals surface area contributed by atoms with Gasteiger partial charge in [-0.2, -0.15) is 5.10 Å². The number of rotatable bonds is 3. The molecular formula is C14H25ClN4O2. The summed E-state index contributed by atoms with van der Waals surface area (Å²) >= 11 is 0. The molecule has 0 unspecified atom stereocenters. The first-order valence-electron chi connectivity index (χ1n) is 7.02. The second kappa shape index (κ2) is 6.77. The maximum Gasteiger partial charge on any atom is 0.232 e. The topological polar surface area (TPSA) is 82.2 Å². The summed E-state index contributed by atoms with van der Waals surface area (Å²) in [5, 5.41) is 7.22. The lowest BCUT2D eigenvalue weighted by Crippen LogP contribution is -2.46. The highest BCUT2D eigenvalue weighted by atomic mass is 35.5. The van der Waals surface area contributed by atoms with Crippen LogP contribution in [0.3, 0.4) is 0 Å². The molecule has 3 N–H and O–H groups in total. The first-order chi connectivity index (χ1) is 9.37. The molecule has 2 heterocycles. The lowest BCUT2D eigenvalue weighted by molar-refractivity contribution is -0.130. The molecule has 0 bridgehead atoms. The summed E-state index contributed by atoms with van der Waals surface area (Å²) in [6.07, 6.45) is 4.86. The second-order valence-electron chi connectivity index (χ2n) is 6.40. The molecule has 1 aromatic heterocycles. The van der Waals surface area contributed by atoms with Gasteiger partial charge >= 0.3 is 0 Å². The largest absolute Gasteiger partial charge is 0.381 e. The monoisotopic (exact) mass is 316 g/mol. The zero-order valence-electron chi connectivity index (χ0n) is 12.9. The first kappa shape index (κ1) is 17.9. The summed E-state index contributed by atoms with van der Waals surface area (Å²) in [6.45, 7) is 7.70. The molecule has 1 fully saturated rings. The van der Waals surface area contributed by atoms with E-state index in [-0.39, 0.29) is 23.9 Å². The van der Waals surface area contributed by atoms with E-state index in [0.717, 1.165) is 0 Å². The highest BCUT2D eigenvalue weighted by molar-refractivity contribution is 5.95. The number of nitrogens with one attached hydrogen (secondary N) is 1. The van der Waals surface area contributed by atoms with Gasteiger partial charge in [0.25, 0.3) is 0 Å². The third-order valence-electron chi connectivity index (χ3n) is 3.85. The smallest absolute Gasteiger partial charge is 0.232 e. The molecule has 0 radical (unpaired) electrons. The molecule has 2 rings (SSSR count). The van der Waals surface area contributed by atoms with Crippen molar-refractivity contribution in [3.63, 3.8) is 0 Å². The Balaban J connectivity index is 0.00000220. The summed E-state index contributed by atoms with van der Waals surface area (Å²) in [4.78, 5) is 12.5. The fourth-order valence-electron chi connectivity index (χ4n) is 2.30. The van der Waals surface area contributed by atoms with Gasteiger partial charge < -0.3 is 15.8 Å². The van der Waals surface area contributed by atoms with Gasteiger partial charge in [-0.1, -0.05) is 0 Å². The standard InChI is InChI=1S/C14H24N4O2.ClH/c1-13(2,3)18-9-11(8-16-18)17-12(19)14(10-15)4-6-20-7-5-14;/h8-9H,4-7,10,15H2,1-3H3,(H,17,19);1H. The molecule has 1 aliphatic rings. The van der Waals surface area contributed by atoms with Gasteiger partial charge in [0.15, 0.2) is 0 Å². The van der Waals surface area contributed by atoms with Gasteiger partial charge in [0.05, 0.1) is 22.8 Å². The quantitative estimate of drug-likeness (QED) is 0.890. The zero-order chi connectivity index (χ0) is 14.8. The molecule has 1 aliphatic heterocycles. The van der Waals surface area contributed by atoms with Crippen LogP contribution in [-0.4, -0.2) is 35.4 Å². The van der Waals surface area contributed by atoms with E-state index in [1.165, 1.54) is 0 Å². The Kier molecular flexibility index (Phi) is 5.78. The maximum absolute atomic E-state index is 12.5. The molecule has 0 aromatic carbocycles. The van der Waals surface area contributed by atoms with Crippen molar-refractivity contribution in [2.75, 3.05) is 25.1 Å². The van der Waals surface area contributed by atoms with E-state index < -0.39 is 5.41 Å². The Morgan fingerprint density at radius 3 is 2.57 bits per heavy atom. The van der Waals surface area contributed by atoms with Crippen LogP contribution in [0.1, 0.15) is 33.6 Å². The van der Waals surface area contributed by atoms with Crippen molar-refractivity contribution in [1.29, 1.82) is 0 Å². The minimum absolute atomic E-state index is 0. The molecule has 0 saturated carbocycles. The highest BCUT2D eigenvalue weighted by Crippen LogP contribution is 2.31. The van der Waals surface area contributed by atoms with Crippen LogP contribution >= 0.6 is 12.4 Å². The van der Waals surface area contributed by atoms with E-state index >= 15 is 0 Å². The average Bonchev–Trinajstić information content (AvgIpc) is 2.88. The molecule has 120 valence electrons. The molecule has 21 heavy (non-hydrogen) atoms. The van der Waals surface area contributed by atoms with E-state index in [0.29, 0.717) is 38.3 Å². The lowest BCUT2D eigenvalue weighted by Gasteiger charge is -2.34. The minimum Gasteiger partial charge on any atom is -0.381 e. The maximum atomic E-state index is 12.5. The van der Waals surface area contributed by atoms with Gasteiger partial charge in [-0.25, -0.2) is 0 Å². The van der Waals surface area contributed by atoms with Crippen molar-refractivity contribution in [2.24, 2.45) is 11.1 Å². The van der Waals surface area contributed by atoms with E-state index in [1.807, 2.05) is 10.9 Å². The fourth-order valence-corrected chi connectivity index (χ4v) is 2.30. The number of aromatic nitrogens is 2. The molecule has 0 aliphatic carbocycles. The summed E-state index contributed by atoms with van der Waals surface area (Å²) in [5.41, 5.74) is 5.93. The minimum atomic E-state index is -0.512. The number of nitrogens with two attached hydrogens (primary N) is 1. The molecule has 1 saturated heterocycles. The van der Waals surface area contributed by atoms with Crippen molar-refractivity contribution in [2.45, 2.75) is 39.2 Å². The summed E-state index contributed by atoms with van der Waals surface area (Å²) in [5.74, 6) is -0.0308. The summed E-state index contributed by atoms with van der Waals surface area (Å²) in [7, 11) is 0. The number of halogens is 1. The number of hydrogen-bond donors (Lipinski definition) is 2. The van der Waals surface area contributed by atoms with Gasteiger partial charge in [-0.3, -0.25) is 9.48 Å². The second-order valence-corrected chi connectivity index (χ2v) is 6.40. The number of nitrogens with zero attached hydrogens (tertiary/aromatic N) is 2. The molecule has 1 aromatic rings. The predicted molar refractivity (Wildman–Crippen MR) is 84.6 cm³/mol. The average molecular weight is 317 g/mol. The number of ether oxygens (including phenoxy) is 1. The van der Waals surface area contributed by atoms with Crippen LogP contribution in [0.5, 0.6) is 0 Å². The van der Waals surface area contributed by atoms with Gasteiger partial charge in [0, 0.05) is 26.0 Å². The fraction of sp³-hybridized carbons (Fsp3) is 0.714. The van der Waals surface area contributed by atoms with Gasteiger partial charge in [-0.15, -0.1) is 12.4 Å². The van der Waals surface area contributed by atoms with Gasteiger partial charge in [0.1, 0.15) is 0 Å². The van der Waals surface area contributed by atoms with Crippen molar-refractivity contribution in [3.8, 4) is 0 Å². The molecule has 6 nitrogen and oxygen atoms in total. The Labute approximate surface area is 131 Å². The lowest BCUT2D eigenvalue weighted by atomic mass is 9.79. The van der Waals surface area contributed by atoms with Crippen LogP contribution in [0.4, 0.5) is 5.69 Å². The van der Waals surface area contributed by atoms with Crippen LogP contribution in [-0.2, 0) is 15.1 Å². The number of carbonyl (C=O) groups is 1. The molecule has 1 amide bonds. The highest BCUT2D eigenvalue weighted by Gasteiger charge is 2.39. The van der Waals surface area contributed by atoms with Crippen LogP contribution in [0.15, 0.2) is 12.4 Å². The third kappa shape index (κ3) is 3.96. The first-order valence-corrected chi connectivity index (χ1v) is 7.02. The van der Waals surface area contributed by atoms with Crippen LogP contribution in [0, 0.1) is 5.41 Å². The molecular weight excluding hydrogens is 292 g/mol. The Morgan fingerprint density at radius 1 is 1.48 bits per heavy atom. The normalized spacial score (nSPS) is 17.9. The Hall–Kier alpha value is -1.11. The van der Waals surface area contributed by atoms with E-state index in [2.05, 4.69) is 31.2 Å². The Morgan fingerprint density at radius 2 is 2.10 bits per heavy atom. The van der Waals surface area contributed by atoms with Crippen molar-refractivity contribution in [1.82, 2.24) is 9.78 Å².